The summed E-state index contributed by atoms with van der Waals surface area (Å²) in [6, 6.07) is 4.44. The van der Waals surface area contributed by atoms with Gasteiger partial charge in [-0.05, 0) is 26.0 Å². The van der Waals surface area contributed by atoms with Gasteiger partial charge in [0.05, 0.1) is 11.8 Å². The molecular formula is C20H19FN6O4. The average Bonchev–Trinajstić information content (AvgIpc) is 3.05. The van der Waals surface area contributed by atoms with E-state index in [0.29, 0.717) is 6.54 Å². The molecular weight excluding hydrogens is 407 g/mol. The van der Waals surface area contributed by atoms with E-state index in [-0.39, 0.29) is 58.6 Å². The quantitative estimate of drug-likeness (QED) is 0.559. The monoisotopic (exact) mass is 426 g/mol. The number of esters is 1. The summed E-state index contributed by atoms with van der Waals surface area (Å²) in [5, 5.41) is 24.1. The third-order valence-electron chi connectivity index (χ3n) is 4.94. The number of halogens is 1. The summed E-state index contributed by atoms with van der Waals surface area (Å²) < 4.78 is 26.7. The fourth-order valence-electron chi connectivity index (χ4n) is 3.43. The molecule has 3 heterocycles. The first-order valence-corrected chi connectivity index (χ1v) is 9.52. The molecule has 0 spiro atoms. The summed E-state index contributed by atoms with van der Waals surface area (Å²) in [5.41, 5.74) is 6.07. The number of hydrogen-bond donors (Lipinski definition) is 2. The molecule has 0 radical (unpaired) electrons. The topological polar surface area (TPSA) is 139 Å². The molecule has 0 saturated carbocycles. The molecule has 1 aliphatic rings. The number of hydrogen-bond acceptors (Lipinski definition) is 9. The van der Waals surface area contributed by atoms with Crippen LogP contribution in [0, 0.1) is 17.1 Å². The number of rotatable bonds is 1. The van der Waals surface area contributed by atoms with E-state index in [2.05, 4.69) is 10.1 Å². The number of carbonyl (C=O) groups is 1. The van der Waals surface area contributed by atoms with Crippen LogP contribution in [0.3, 0.4) is 0 Å². The van der Waals surface area contributed by atoms with Crippen molar-refractivity contribution in [3.63, 3.8) is 0 Å². The minimum absolute atomic E-state index is 0.0176. The predicted molar refractivity (Wildman–Crippen MR) is 107 cm³/mol. The highest BCUT2D eigenvalue weighted by molar-refractivity contribution is 6.01. The third-order valence-corrected chi connectivity index (χ3v) is 4.94. The molecule has 10 nitrogen and oxygen atoms in total. The van der Waals surface area contributed by atoms with E-state index in [0.717, 1.165) is 6.07 Å². The van der Waals surface area contributed by atoms with Gasteiger partial charge in [-0.2, -0.15) is 5.26 Å². The minimum Gasteiger partial charge on any atom is -0.503 e. The molecule has 3 aromatic rings. The van der Waals surface area contributed by atoms with Crippen molar-refractivity contribution in [1.29, 1.82) is 5.26 Å². The van der Waals surface area contributed by atoms with Crippen LogP contribution in [0.2, 0.25) is 0 Å². The lowest BCUT2D eigenvalue weighted by atomic mass is 10.1. The maximum atomic E-state index is 14.4. The largest absolute Gasteiger partial charge is 0.503 e. The van der Waals surface area contributed by atoms with Gasteiger partial charge >= 0.3 is 5.97 Å². The Morgan fingerprint density at radius 1 is 1.45 bits per heavy atom. The Labute approximate surface area is 176 Å². The molecule has 2 bridgehead atoms. The van der Waals surface area contributed by atoms with E-state index in [1.807, 2.05) is 6.07 Å². The number of fused-ring (bicyclic) bond motifs is 2. The second-order valence-corrected chi connectivity index (χ2v) is 7.03. The molecule has 3 N–H and O–H groups in total. The van der Waals surface area contributed by atoms with Gasteiger partial charge in [0.1, 0.15) is 35.9 Å². The number of carbonyl (C=O) groups excluding carboxylic acids is 1. The maximum Gasteiger partial charge on any atom is 0.346 e. The van der Waals surface area contributed by atoms with Crippen LogP contribution in [-0.2, 0) is 11.3 Å². The zero-order valence-corrected chi connectivity index (χ0v) is 16.8. The molecule has 0 aliphatic carbocycles. The third kappa shape index (κ3) is 3.42. The highest BCUT2D eigenvalue weighted by Gasteiger charge is 2.27. The molecule has 1 atom stereocenters. The molecule has 4 rings (SSSR count). The lowest BCUT2D eigenvalue weighted by Crippen LogP contribution is -2.26. The number of anilines is 2. The van der Waals surface area contributed by atoms with E-state index < -0.39 is 17.9 Å². The summed E-state index contributed by atoms with van der Waals surface area (Å²) >= 11 is 0. The Balaban J connectivity index is 1.96. The van der Waals surface area contributed by atoms with E-state index >= 15 is 0 Å². The lowest BCUT2D eigenvalue weighted by molar-refractivity contribution is 0.0343. The fraction of sp³-hybridized carbons (Fsp3) is 0.300. The molecule has 0 unspecified atom stereocenters. The average molecular weight is 426 g/mol. The van der Waals surface area contributed by atoms with Crippen LogP contribution in [0.1, 0.15) is 35.3 Å². The number of nitriles is 1. The van der Waals surface area contributed by atoms with Crippen molar-refractivity contribution in [2.75, 3.05) is 23.8 Å². The molecule has 2 aromatic heterocycles. The first kappa shape index (κ1) is 20.2. The van der Waals surface area contributed by atoms with E-state index in [1.54, 1.807) is 18.7 Å². The highest BCUT2D eigenvalue weighted by Crippen LogP contribution is 2.33. The molecule has 0 saturated heterocycles. The van der Waals surface area contributed by atoms with Crippen LogP contribution in [0.4, 0.5) is 16.0 Å². The van der Waals surface area contributed by atoms with Crippen LogP contribution in [-0.4, -0.2) is 44.9 Å². The van der Waals surface area contributed by atoms with Gasteiger partial charge in [0, 0.05) is 18.7 Å². The Hall–Kier alpha value is -4.07. The Bertz CT molecular complexity index is 1230. The SMILES string of the molecule is CCN1Cc2c(ccc(F)c2C#N)O[C@@H](C)COC(=O)c2c(N)nn3cc(O)c1nc23. The van der Waals surface area contributed by atoms with Gasteiger partial charge in [-0.25, -0.2) is 18.7 Å². The van der Waals surface area contributed by atoms with Crippen LogP contribution >= 0.6 is 0 Å². The van der Waals surface area contributed by atoms with Crippen molar-refractivity contribution in [1.82, 2.24) is 14.6 Å². The number of ether oxygens (including phenoxy) is 2. The zero-order valence-electron chi connectivity index (χ0n) is 16.8. The van der Waals surface area contributed by atoms with Gasteiger partial charge < -0.3 is 25.2 Å². The predicted octanol–water partition coefficient (Wildman–Crippen LogP) is 1.99. The Morgan fingerprint density at radius 2 is 2.23 bits per heavy atom. The summed E-state index contributed by atoms with van der Waals surface area (Å²) in [7, 11) is 0. The van der Waals surface area contributed by atoms with E-state index in [4.69, 9.17) is 15.2 Å². The van der Waals surface area contributed by atoms with Gasteiger partial charge in [0.15, 0.2) is 23.0 Å². The second kappa shape index (κ2) is 7.64. The number of cyclic esters (lactones) is 1. The van der Waals surface area contributed by atoms with Crippen molar-refractivity contribution < 1.29 is 23.8 Å². The molecule has 11 heteroatoms. The fourth-order valence-corrected chi connectivity index (χ4v) is 3.43. The van der Waals surface area contributed by atoms with E-state index in [1.165, 1.54) is 16.8 Å². The Morgan fingerprint density at radius 3 is 2.94 bits per heavy atom. The van der Waals surface area contributed by atoms with Crippen LogP contribution in [0.25, 0.3) is 5.65 Å². The van der Waals surface area contributed by atoms with Crippen LogP contribution in [0.5, 0.6) is 11.5 Å². The summed E-state index contributed by atoms with van der Waals surface area (Å²) in [6.07, 6.45) is 0.663. The molecule has 0 amide bonds. The van der Waals surface area contributed by atoms with Crippen molar-refractivity contribution in [2.45, 2.75) is 26.5 Å². The lowest BCUT2D eigenvalue weighted by Gasteiger charge is -2.25. The number of nitrogens with two attached hydrogens (primary N) is 1. The number of nitrogen functional groups attached to an aromatic ring is 1. The zero-order chi connectivity index (χ0) is 22.3. The van der Waals surface area contributed by atoms with Crippen molar-refractivity contribution in [2.24, 2.45) is 0 Å². The minimum atomic E-state index is -0.744. The van der Waals surface area contributed by atoms with Crippen LogP contribution < -0.4 is 15.4 Å². The molecule has 160 valence electrons. The van der Waals surface area contributed by atoms with Crippen molar-refractivity contribution in [3.8, 4) is 17.6 Å². The van der Waals surface area contributed by atoms with E-state index in [9.17, 15) is 19.6 Å². The Kier molecular flexibility index (Phi) is 4.98. The second-order valence-electron chi connectivity index (χ2n) is 7.03. The normalized spacial score (nSPS) is 16.5. The first-order chi connectivity index (χ1) is 14.8. The van der Waals surface area contributed by atoms with Gasteiger partial charge in [-0.15, -0.1) is 5.10 Å². The van der Waals surface area contributed by atoms with Gasteiger partial charge in [0.2, 0.25) is 0 Å². The molecule has 1 aromatic carbocycles. The maximum absolute atomic E-state index is 14.4. The molecule has 1 aliphatic heterocycles. The first-order valence-electron chi connectivity index (χ1n) is 9.52. The van der Waals surface area contributed by atoms with Crippen molar-refractivity contribution >= 4 is 23.3 Å². The van der Waals surface area contributed by atoms with Crippen LogP contribution in [0.15, 0.2) is 18.3 Å². The number of benzene rings is 1. The molecule has 31 heavy (non-hydrogen) atoms. The molecule has 0 fully saturated rings. The summed E-state index contributed by atoms with van der Waals surface area (Å²) in [6.45, 7) is 3.71. The number of aromatic hydroxyl groups is 1. The number of aromatic nitrogens is 3. The van der Waals surface area contributed by atoms with Gasteiger partial charge in [-0.3, -0.25) is 0 Å². The van der Waals surface area contributed by atoms with Gasteiger partial charge in [-0.1, -0.05) is 0 Å². The summed E-state index contributed by atoms with van der Waals surface area (Å²) in [5.74, 6) is -1.40. The summed E-state index contributed by atoms with van der Waals surface area (Å²) in [4.78, 5) is 18.7. The standard InChI is InChI=1S/C20H19FN6O4/c1-3-26-7-12-11(6-22)13(21)4-5-15(12)31-10(2)9-30-20(29)16-17(23)25-27-8-14(28)18(26)24-19(16)27/h4-5,8,10,28H,3,7,9H2,1-2H3,(H2,23,25)/t10-/m0/s1. The highest BCUT2D eigenvalue weighted by atomic mass is 19.1. The van der Waals surface area contributed by atoms with Crippen molar-refractivity contribution in [3.05, 3.63) is 40.8 Å². The smallest absolute Gasteiger partial charge is 0.346 e. The number of nitrogens with zero attached hydrogens (tertiary/aromatic N) is 5. The van der Waals surface area contributed by atoms with Gasteiger partial charge in [0.25, 0.3) is 0 Å².